The molecule has 20 heavy (non-hydrogen) atoms. The number of aliphatic hydroxyl groups is 1. The van der Waals surface area contributed by atoms with Gasteiger partial charge in [0, 0.05) is 7.05 Å². The highest BCUT2D eigenvalue weighted by Gasteiger charge is 2.31. The molecule has 4 heteroatoms. The minimum Gasteiger partial charge on any atom is -0.481 e. The third-order valence-electron chi connectivity index (χ3n) is 3.94. The van der Waals surface area contributed by atoms with Crippen molar-refractivity contribution in [1.82, 2.24) is 4.90 Å². The molecule has 4 nitrogen and oxygen atoms in total. The second kappa shape index (κ2) is 6.75. The molecule has 1 aromatic carbocycles. The van der Waals surface area contributed by atoms with Crippen LogP contribution in [0, 0.1) is 0 Å². The van der Waals surface area contributed by atoms with Crippen LogP contribution in [0.1, 0.15) is 32.6 Å². The Morgan fingerprint density at radius 2 is 1.95 bits per heavy atom. The first kappa shape index (κ1) is 14.9. The van der Waals surface area contributed by atoms with E-state index in [1.165, 1.54) is 0 Å². The van der Waals surface area contributed by atoms with E-state index >= 15 is 0 Å². The van der Waals surface area contributed by atoms with E-state index in [9.17, 15) is 9.90 Å². The average Bonchev–Trinajstić information content (AvgIpc) is 2.47. The molecule has 1 aliphatic carbocycles. The summed E-state index contributed by atoms with van der Waals surface area (Å²) in [6, 6.07) is 9.24. The van der Waals surface area contributed by atoms with Crippen molar-refractivity contribution in [3.63, 3.8) is 0 Å². The van der Waals surface area contributed by atoms with Crippen LogP contribution in [0.25, 0.3) is 0 Å². The fraction of sp³-hybridized carbons (Fsp3) is 0.562. The van der Waals surface area contributed by atoms with Crippen molar-refractivity contribution in [3.8, 4) is 5.75 Å². The summed E-state index contributed by atoms with van der Waals surface area (Å²) in [6.07, 6.45) is 2.78. The quantitative estimate of drug-likeness (QED) is 0.918. The van der Waals surface area contributed by atoms with Gasteiger partial charge in [0.1, 0.15) is 5.75 Å². The fourth-order valence-electron chi connectivity index (χ4n) is 2.75. The molecule has 1 aromatic rings. The van der Waals surface area contributed by atoms with Gasteiger partial charge in [-0.2, -0.15) is 0 Å². The van der Waals surface area contributed by atoms with Gasteiger partial charge in [0.05, 0.1) is 12.1 Å². The van der Waals surface area contributed by atoms with Crippen LogP contribution in [0.3, 0.4) is 0 Å². The van der Waals surface area contributed by atoms with E-state index < -0.39 is 12.2 Å². The van der Waals surface area contributed by atoms with Crippen molar-refractivity contribution in [2.45, 2.75) is 50.9 Å². The van der Waals surface area contributed by atoms with Crippen LogP contribution in [0.2, 0.25) is 0 Å². The SMILES string of the molecule is CC(Oc1ccccc1)C(=O)N(C)C1CCCCC1O. The molecule has 3 unspecified atom stereocenters. The summed E-state index contributed by atoms with van der Waals surface area (Å²) in [5, 5.41) is 10.0. The molecule has 0 aliphatic heterocycles. The predicted molar refractivity (Wildman–Crippen MR) is 77.6 cm³/mol. The summed E-state index contributed by atoms with van der Waals surface area (Å²) in [7, 11) is 1.76. The Bertz CT molecular complexity index is 435. The number of carbonyl (C=O) groups excluding carboxylic acids is 1. The van der Waals surface area contributed by atoms with Crippen LogP contribution in [0.4, 0.5) is 0 Å². The Kier molecular flexibility index (Phi) is 5.01. The molecular formula is C16H23NO3. The summed E-state index contributed by atoms with van der Waals surface area (Å²) in [5.41, 5.74) is 0. The minimum absolute atomic E-state index is 0.0835. The summed E-state index contributed by atoms with van der Waals surface area (Å²) in [4.78, 5) is 14.0. The molecule has 1 saturated carbocycles. The first-order valence-electron chi connectivity index (χ1n) is 7.26. The number of rotatable bonds is 4. The van der Waals surface area contributed by atoms with E-state index in [0.29, 0.717) is 5.75 Å². The Morgan fingerprint density at radius 3 is 2.60 bits per heavy atom. The molecule has 0 bridgehead atoms. The monoisotopic (exact) mass is 277 g/mol. The van der Waals surface area contributed by atoms with Gasteiger partial charge in [-0.25, -0.2) is 0 Å². The Labute approximate surface area is 120 Å². The van der Waals surface area contributed by atoms with Gasteiger partial charge in [0.15, 0.2) is 6.10 Å². The Hall–Kier alpha value is -1.55. The van der Waals surface area contributed by atoms with E-state index in [-0.39, 0.29) is 11.9 Å². The molecule has 0 radical (unpaired) electrons. The molecule has 110 valence electrons. The van der Waals surface area contributed by atoms with Gasteiger partial charge in [-0.3, -0.25) is 4.79 Å². The second-order valence-corrected chi connectivity index (χ2v) is 5.44. The van der Waals surface area contributed by atoms with Crippen LogP contribution >= 0.6 is 0 Å². The van der Waals surface area contributed by atoms with Crippen molar-refractivity contribution in [3.05, 3.63) is 30.3 Å². The number of nitrogens with zero attached hydrogens (tertiary/aromatic N) is 1. The van der Waals surface area contributed by atoms with Gasteiger partial charge >= 0.3 is 0 Å². The zero-order chi connectivity index (χ0) is 14.5. The normalized spacial score (nSPS) is 23.9. The number of carbonyl (C=O) groups is 1. The molecule has 0 aromatic heterocycles. The van der Waals surface area contributed by atoms with Crippen molar-refractivity contribution in [2.24, 2.45) is 0 Å². The topological polar surface area (TPSA) is 49.8 Å². The van der Waals surface area contributed by atoms with Crippen LogP contribution in [-0.2, 0) is 4.79 Å². The Morgan fingerprint density at radius 1 is 1.30 bits per heavy atom. The lowest BCUT2D eigenvalue weighted by Crippen LogP contribution is -2.50. The maximum atomic E-state index is 12.4. The van der Waals surface area contributed by atoms with Crippen LogP contribution in [0.5, 0.6) is 5.75 Å². The summed E-state index contributed by atoms with van der Waals surface area (Å²) in [5.74, 6) is 0.603. The first-order valence-corrected chi connectivity index (χ1v) is 7.26. The molecule has 0 spiro atoms. The molecule has 1 amide bonds. The van der Waals surface area contributed by atoms with Gasteiger partial charge in [-0.1, -0.05) is 31.0 Å². The highest BCUT2D eigenvalue weighted by atomic mass is 16.5. The average molecular weight is 277 g/mol. The fourth-order valence-corrected chi connectivity index (χ4v) is 2.75. The molecule has 1 aliphatic rings. The van der Waals surface area contributed by atoms with E-state index in [2.05, 4.69) is 0 Å². The van der Waals surface area contributed by atoms with Gasteiger partial charge in [0.25, 0.3) is 5.91 Å². The van der Waals surface area contributed by atoms with Crippen molar-refractivity contribution in [1.29, 1.82) is 0 Å². The second-order valence-electron chi connectivity index (χ2n) is 5.44. The van der Waals surface area contributed by atoms with E-state index in [0.717, 1.165) is 25.7 Å². The van der Waals surface area contributed by atoms with E-state index in [1.807, 2.05) is 30.3 Å². The highest BCUT2D eigenvalue weighted by molar-refractivity contribution is 5.81. The number of aliphatic hydroxyl groups excluding tert-OH is 1. The lowest BCUT2D eigenvalue weighted by atomic mass is 9.91. The van der Waals surface area contributed by atoms with Crippen LogP contribution in [-0.4, -0.2) is 41.2 Å². The number of hydrogen-bond acceptors (Lipinski definition) is 3. The van der Waals surface area contributed by atoms with Crippen LogP contribution in [0.15, 0.2) is 30.3 Å². The molecule has 0 saturated heterocycles. The van der Waals surface area contributed by atoms with E-state index in [1.54, 1.807) is 18.9 Å². The number of likely N-dealkylation sites (N-methyl/N-ethyl adjacent to an activating group) is 1. The number of amides is 1. The predicted octanol–water partition coefficient (Wildman–Crippen LogP) is 2.22. The third-order valence-corrected chi connectivity index (χ3v) is 3.94. The number of ether oxygens (including phenoxy) is 1. The number of hydrogen-bond donors (Lipinski definition) is 1. The van der Waals surface area contributed by atoms with Crippen molar-refractivity contribution in [2.75, 3.05) is 7.05 Å². The highest BCUT2D eigenvalue weighted by Crippen LogP contribution is 2.23. The molecule has 3 atom stereocenters. The number of benzene rings is 1. The smallest absolute Gasteiger partial charge is 0.263 e. The molecule has 2 rings (SSSR count). The van der Waals surface area contributed by atoms with Crippen molar-refractivity contribution < 1.29 is 14.6 Å². The summed E-state index contributed by atoms with van der Waals surface area (Å²) >= 11 is 0. The van der Waals surface area contributed by atoms with Crippen molar-refractivity contribution >= 4 is 5.91 Å². The maximum Gasteiger partial charge on any atom is 0.263 e. The zero-order valence-corrected chi connectivity index (χ0v) is 12.2. The summed E-state index contributed by atoms with van der Waals surface area (Å²) < 4.78 is 5.65. The van der Waals surface area contributed by atoms with Gasteiger partial charge in [-0.05, 0) is 31.9 Å². The molecule has 0 heterocycles. The van der Waals surface area contributed by atoms with Gasteiger partial charge in [-0.15, -0.1) is 0 Å². The third kappa shape index (κ3) is 3.51. The first-order chi connectivity index (χ1) is 9.59. The molecule has 1 N–H and O–H groups in total. The largest absolute Gasteiger partial charge is 0.481 e. The van der Waals surface area contributed by atoms with Gasteiger partial charge < -0.3 is 14.7 Å². The molecule has 1 fully saturated rings. The van der Waals surface area contributed by atoms with Gasteiger partial charge in [0.2, 0.25) is 0 Å². The maximum absolute atomic E-state index is 12.4. The lowest BCUT2D eigenvalue weighted by Gasteiger charge is -2.36. The number of para-hydroxylation sites is 1. The zero-order valence-electron chi connectivity index (χ0n) is 12.2. The lowest BCUT2D eigenvalue weighted by molar-refractivity contribution is -0.142. The summed E-state index contributed by atoms with van der Waals surface area (Å²) in [6.45, 7) is 1.75. The standard InChI is InChI=1S/C16H23NO3/c1-12(20-13-8-4-3-5-9-13)16(19)17(2)14-10-6-7-11-15(14)18/h3-5,8-9,12,14-15,18H,6-7,10-11H2,1-2H3. The molecular weight excluding hydrogens is 254 g/mol. The van der Waals surface area contributed by atoms with Crippen LogP contribution < -0.4 is 4.74 Å². The van der Waals surface area contributed by atoms with E-state index in [4.69, 9.17) is 4.74 Å². The minimum atomic E-state index is -0.545. The Balaban J connectivity index is 1.95.